The lowest BCUT2D eigenvalue weighted by Gasteiger charge is -2.10. The minimum atomic E-state index is -0.211. The van der Waals surface area contributed by atoms with Gasteiger partial charge in [0.25, 0.3) is 5.91 Å². The van der Waals surface area contributed by atoms with Gasteiger partial charge < -0.3 is 10.6 Å². The van der Waals surface area contributed by atoms with Gasteiger partial charge in [-0.1, -0.05) is 17.7 Å². The summed E-state index contributed by atoms with van der Waals surface area (Å²) in [6.45, 7) is 0.749. The summed E-state index contributed by atoms with van der Waals surface area (Å²) in [5.41, 5.74) is 1.80. The molecular formula is C17H13ClN4O. The first-order valence-electron chi connectivity index (χ1n) is 6.86. The van der Waals surface area contributed by atoms with Gasteiger partial charge in [0.05, 0.1) is 16.8 Å². The van der Waals surface area contributed by atoms with Gasteiger partial charge >= 0.3 is 0 Å². The Labute approximate surface area is 139 Å². The third-order valence-corrected chi connectivity index (χ3v) is 3.38. The van der Waals surface area contributed by atoms with Crippen LogP contribution in [0.5, 0.6) is 0 Å². The normalized spacial score (nSPS) is 9.52. The molecule has 0 atom stereocenters. The van der Waals surface area contributed by atoms with Crippen LogP contribution in [-0.4, -0.2) is 19.0 Å². The molecule has 6 heteroatoms. The average Bonchev–Trinajstić information content (AvgIpc) is 2.58. The molecule has 5 nitrogen and oxygen atoms in total. The van der Waals surface area contributed by atoms with Crippen molar-refractivity contribution in [1.29, 1.82) is 10.5 Å². The predicted octanol–water partition coefficient (Wildman–Crippen LogP) is 2.93. The quantitative estimate of drug-likeness (QED) is 0.828. The number of carbonyl (C=O) groups is 1. The molecule has 0 radical (unpaired) electrons. The molecular weight excluding hydrogens is 312 g/mol. The fourth-order valence-electron chi connectivity index (χ4n) is 2.00. The van der Waals surface area contributed by atoms with Crippen LogP contribution in [0.25, 0.3) is 0 Å². The van der Waals surface area contributed by atoms with E-state index >= 15 is 0 Å². The van der Waals surface area contributed by atoms with Gasteiger partial charge in [0.1, 0.15) is 12.1 Å². The zero-order chi connectivity index (χ0) is 16.7. The average molecular weight is 325 g/mol. The van der Waals surface area contributed by atoms with Gasteiger partial charge in [-0.3, -0.25) is 4.79 Å². The summed E-state index contributed by atoms with van der Waals surface area (Å²) < 4.78 is 0. The van der Waals surface area contributed by atoms with Crippen molar-refractivity contribution in [3.05, 3.63) is 64.2 Å². The molecule has 2 aromatic carbocycles. The molecule has 0 heterocycles. The summed E-state index contributed by atoms with van der Waals surface area (Å²) in [6.07, 6.45) is 0. The number of nitriles is 2. The topological polar surface area (TPSA) is 88.7 Å². The van der Waals surface area contributed by atoms with E-state index in [2.05, 4.69) is 10.6 Å². The van der Waals surface area contributed by atoms with Crippen molar-refractivity contribution in [3.8, 4) is 12.1 Å². The number of benzene rings is 2. The van der Waals surface area contributed by atoms with E-state index < -0.39 is 0 Å². The first-order valence-corrected chi connectivity index (χ1v) is 7.24. The molecule has 0 fully saturated rings. The molecule has 0 bridgehead atoms. The molecule has 0 aliphatic rings. The van der Waals surface area contributed by atoms with Gasteiger partial charge in [-0.05, 0) is 36.4 Å². The largest absolute Gasteiger partial charge is 0.381 e. The highest BCUT2D eigenvalue weighted by Gasteiger charge is 2.08. The number of hydrogen-bond donors (Lipinski definition) is 2. The van der Waals surface area contributed by atoms with Crippen LogP contribution < -0.4 is 10.6 Å². The van der Waals surface area contributed by atoms with Crippen molar-refractivity contribution in [2.45, 2.75) is 0 Å². The molecule has 0 aliphatic heterocycles. The third kappa shape index (κ3) is 4.23. The predicted molar refractivity (Wildman–Crippen MR) is 88.1 cm³/mol. The van der Waals surface area contributed by atoms with Gasteiger partial charge in [-0.25, -0.2) is 0 Å². The zero-order valence-corrected chi connectivity index (χ0v) is 12.9. The Morgan fingerprint density at radius 3 is 2.17 bits per heavy atom. The monoisotopic (exact) mass is 324 g/mol. The van der Waals surface area contributed by atoms with Gasteiger partial charge in [0.15, 0.2) is 0 Å². The Kier molecular flexibility index (Phi) is 5.57. The maximum absolute atomic E-state index is 11.9. The second-order valence-electron chi connectivity index (χ2n) is 4.64. The number of para-hydroxylation sites is 1. The molecule has 1 amide bonds. The number of amides is 1. The van der Waals surface area contributed by atoms with E-state index in [1.54, 1.807) is 42.5 Å². The number of anilines is 1. The fraction of sp³-hybridized carbons (Fsp3) is 0.118. The molecule has 2 aromatic rings. The van der Waals surface area contributed by atoms with Gasteiger partial charge in [-0.2, -0.15) is 10.5 Å². The highest BCUT2D eigenvalue weighted by atomic mass is 35.5. The van der Waals surface area contributed by atoms with E-state index in [0.29, 0.717) is 40.5 Å². The van der Waals surface area contributed by atoms with E-state index in [0.717, 1.165) is 0 Å². The number of carbonyl (C=O) groups excluding carboxylic acids is 1. The minimum Gasteiger partial charge on any atom is -0.381 e. The van der Waals surface area contributed by atoms with Crippen molar-refractivity contribution in [3.63, 3.8) is 0 Å². The lowest BCUT2D eigenvalue weighted by molar-refractivity contribution is 0.0955. The molecule has 2 N–H and O–H groups in total. The highest BCUT2D eigenvalue weighted by molar-refractivity contribution is 6.30. The molecule has 0 saturated carbocycles. The standard InChI is InChI=1S/C17H13ClN4O/c18-15-6-4-12(5-7-15)17(23)22-9-8-21-16-13(10-19)2-1-3-14(16)11-20/h1-7,21H,8-9H2,(H,22,23). The Morgan fingerprint density at radius 1 is 1.00 bits per heavy atom. The van der Waals surface area contributed by atoms with Crippen LogP contribution in [-0.2, 0) is 0 Å². The third-order valence-electron chi connectivity index (χ3n) is 3.12. The van der Waals surface area contributed by atoms with Crippen LogP contribution in [0.2, 0.25) is 5.02 Å². The molecule has 0 saturated heterocycles. The summed E-state index contributed by atoms with van der Waals surface area (Å²) in [6, 6.07) is 15.6. The molecule has 0 spiro atoms. The van der Waals surface area contributed by atoms with Crippen molar-refractivity contribution in [2.24, 2.45) is 0 Å². The molecule has 0 aromatic heterocycles. The van der Waals surface area contributed by atoms with Crippen LogP contribution in [0.3, 0.4) is 0 Å². The SMILES string of the molecule is N#Cc1cccc(C#N)c1NCCNC(=O)c1ccc(Cl)cc1. The van der Waals surface area contributed by atoms with E-state index in [9.17, 15) is 4.79 Å². The lowest BCUT2D eigenvalue weighted by atomic mass is 10.1. The van der Waals surface area contributed by atoms with E-state index in [1.165, 1.54) is 0 Å². The van der Waals surface area contributed by atoms with E-state index in [-0.39, 0.29) is 5.91 Å². The van der Waals surface area contributed by atoms with Crippen LogP contribution in [0.15, 0.2) is 42.5 Å². The summed E-state index contributed by atoms with van der Waals surface area (Å²) >= 11 is 5.77. The second-order valence-corrected chi connectivity index (χ2v) is 5.08. The number of halogens is 1. The van der Waals surface area contributed by atoms with Crippen molar-refractivity contribution in [2.75, 3.05) is 18.4 Å². The fourth-order valence-corrected chi connectivity index (χ4v) is 2.12. The summed E-state index contributed by atoms with van der Waals surface area (Å²) in [7, 11) is 0. The molecule has 0 unspecified atom stereocenters. The molecule has 23 heavy (non-hydrogen) atoms. The van der Waals surface area contributed by atoms with Gasteiger partial charge in [0.2, 0.25) is 0 Å². The maximum Gasteiger partial charge on any atom is 0.251 e. The Balaban J connectivity index is 1.91. The molecule has 114 valence electrons. The first-order chi connectivity index (χ1) is 11.2. The maximum atomic E-state index is 11.9. The number of hydrogen-bond acceptors (Lipinski definition) is 4. The molecule has 0 aliphatic carbocycles. The van der Waals surface area contributed by atoms with Crippen LogP contribution in [0.1, 0.15) is 21.5 Å². The Bertz CT molecular complexity index is 755. The van der Waals surface area contributed by atoms with Crippen LogP contribution in [0.4, 0.5) is 5.69 Å². The van der Waals surface area contributed by atoms with Crippen LogP contribution >= 0.6 is 11.6 Å². The van der Waals surface area contributed by atoms with Crippen LogP contribution in [0, 0.1) is 22.7 Å². The summed E-state index contributed by atoms with van der Waals surface area (Å²) in [5, 5.41) is 24.5. The summed E-state index contributed by atoms with van der Waals surface area (Å²) in [5.74, 6) is -0.211. The lowest BCUT2D eigenvalue weighted by Crippen LogP contribution is -2.29. The van der Waals surface area contributed by atoms with Crippen molar-refractivity contribution in [1.82, 2.24) is 5.32 Å². The number of rotatable bonds is 5. The van der Waals surface area contributed by atoms with Crippen molar-refractivity contribution < 1.29 is 4.79 Å². The zero-order valence-electron chi connectivity index (χ0n) is 12.1. The number of nitrogens with zero attached hydrogens (tertiary/aromatic N) is 2. The van der Waals surface area contributed by atoms with E-state index in [1.807, 2.05) is 12.1 Å². The number of nitrogens with one attached hydrogen (secondary N) is 2. The van der Waals surface area contributed by atoms with Crippen molar-refractivity contribution >= 4 is 23.2 Å². The summed E-state index contributed by atoms with van der Waals surface area (Å²) in [4.78, 5) is 11.9. The van der Waals surface area contributed by atoms with Gasteiger partial charge in [0, 0.05) is 23.7 Å². The second kappa shape index (κ2) is 7.84. The molecule has 2 rings (SSSR count). The highest BCUT2D eigenvalue weighted by Crippen LogP contribution is 2.19. The van der Waals surface area contributed by atoms with E-state index in [4.69, 9.17) is 22.1 Å². The Morgan fingerprint density at radius 2 is 1.61 bits per heavy atom. The minimum absolute atomic E-state index is 0.211. The Hall–Kier alpha value is -3.02. The smallest absolute Gasteiger partial charge is 0.251 e. The van der Waals surface area contributed by atoms with Gasteiger partial charge in [-0.15, -0.1) is 0 Å². The first kappa shape index (κ1) is 16.4.